The molecule has 3 aromatic rings. The quantitative estimate of drug-likeness (QED) is 0.496. The van der Waals surface area contributed by atoms with Gasteiger partial charge in [0.05, 0.1) is 11.5 Å². The zero-order valence-electron chi connectivity index (χ0n) is 18.9. The Morgan fingerprint density at radius 2 is 1.79 bits per heavy atom. The first-order chi connectivity index (χ1) is 16.5. The van der Waals surface area contributed by atoms with E-state index in [1.54, 1.807) is 36.5 Å². The van der Waals surface area contributed by atoms with Crippen molar-refractivity contribution in [2.45, 2.75) is 31.2 Å². The number of pyridine rings is 1. The van der Waals surface area contributed by atoms with Crippen molar-refractivity contribution in [1.82, 2.24) is 14.6 Å². The molecule has 9 heteroatoms. The monoisotopic (exact) mass is 481 g/mol. The van der Waals surface area contributed by atoms with Crippen molar-refractivity contribution in [3.63, 3.8) is 0 Å². The van der Waals surface area contributed by atoms with Crippen LogP contribution in [0.1, 0.15) is 35.7 Å². The van der Waals surface area contributed by atoms with Crippen molar-refractivity contribution in [2.75, 3.05) is 19.7 Å². The number of benzene rings is 2. The lowest BCUT2D eigenvalue weighted by atomic mass is 10.2. The summed E-state index contributed by atoms with van der Waals surface area (Å²) < 4.78 is 38.4. The smallest absolute Gasteiger partial charge is 0.251 e. The predicted octanol–water partition coefficient (Wildman–Crippen LogP) is 3.99. The number of amides is 1. The highest BCUT2D eigenvalue weighted by atomic mass is 32.2. The Kier molecular flexibility index (Phi) is 7.44. The van der Waals surface area contributed by atoms with E-state index in [9.17, 15) is 13.2 Å². The molecule has 34 heavy (non-hydrogen) atoms. The molecule has 8 nitrogen and oxygen atoms in total. The summed E-state index contributed by atoms with van der Waals surface area (Å²) in [5.74, 6) is 1.25. The SMILES string of the molecule is CCOc1ccccc1Oc1ccc(CNC(=O)c2cccc(S(=O)(=O)N3CCCC3)c2)cn1. The van der Waals surface area contributed by atoms with Gasteiger partial charge in [0.15, 0.2) is 11.5 Å². The molecular formula is C25H27N3O5S. The number of para-hydroxylation sites is 2. The molecule has 4 rings (SSSR count). The van der Waals surface area contributed by atoms with Gasteiger partial charge in [0.1, 0.15) is 0 Å². The van der Waals surface area contributed by atoms with E-state index in [0.717, 1.165) is 18.4 Å². The van der Waals surface area contributed by atoms with E-state index in [-0.39, 0.29) is 17.3 Å². The predicted molar refractivity (Wildman–Crippen MR) is 128 cm³/mol. The summed E-state index contributed by atoms with van der Waals surface area (Å²) in [5, 5.41) is 2.81. The second-order valence-corrected chi connectivity index (χ2v) is 9.75. The first kappa shape index (κ1) is 23.7. The van der Waals surface area contributed by atoms with Crippen molar-refractivity contribution >= 4 is 15.9 Å². The normalized spacial score (nSPS) is 14.0. The minimum atomic E-state index is -3.58. The average molecular weight is 482 g/mol. The topological polar surface area (TPSA) is 97.8 Å². The number of nitrogens with zero attached hydrogens (tertiary/aromatic N) is 2. The fraction of sp³-hybridized carbons (Fsp3) is 0.280. The fourth-order valence-electron chi connectivity index (χ4n) is 3.66. The number of aromatic nitrogens is 1. The van der Waals surface area contributed by atoms with Gasteiger partial charge in [-0.15, -0.1) is 0 Å². The maximum atomic E-state index is 12.8. The largest absolute Gasteiger partial charge is 0.490 e. The molecule has 1 aromatic heterocycles. The molecule has 2 aromatic carbocycles. The summed E-state index contributed by atoms with van der Waals surface area (Å²) in [5.41, 5.74) is 1.07. The lowest BCUT2D eigenvalue weighted by Crippen LogP contribution is -2.28. The van der Waals surface area contributed by atoms with Crippen LogP contribution < -0.4 is 14.8 Å². The van der Waals surface area contributed by atoms with Crippen LogP contribution in [-0.4, -0.2) is 43.3 Å². The van der Waals surface area contributed by atoms with Gasteiger partial charge in [0, 0.05) is 37.5 Å². The molecule has 0 saturated carbocycles. The van der Waals surface area contributed by atoms with E-state index < -0.39 is 10.0 Å². The van der Waals surface area contributed by atoms with Gasteiger partial charge in [-0.1, -0.05) is 24.3 Å². The summed E-state index contributed by atoms with van der Waals surface area (Å²) in [6.45, 7) is 3.70. The van der Waals surface area contributed by atoms with Crippen LogP contribution in [0.15, 0.2) is 71.8 Å². The molecule has 0 radical (unpaired) electrons. The van der Waals surface area contributed by atoms with Gasteiger partial charge in [-0.05, 0) is 55.7 Å². The summed E-state index contributed by atoms with van der Waals surface area (Å²) in [7, 11) is -3.58. The first-order valence-corrected chi connectivity index (χ1v) is 12.6. The molecule has 0 atom stereocenters. The summed E-state index contributed by atoms with van der Waals surface area (Å²) in [6, 6.07) is 17.0. The van der Waals surface area contributed by atoms with E-state index in [0.29, 0.717) is 42.6 Å². The third kappa shape index (κ3) is 5.55. The third-order valence-corrected chi connectivity index (χ3v) is 7.31. The Morgan fingerprint density at radius 1 is 1.03 bits per heavy atom. The molecule has 0 unspecified atom stereocenters. The highest BCUT2D eigenvalue weighted by Gasteiger charge is 2.27. The van der Waals surface area contributed by atoms with Crippen LogP contribution in [0, 0.1) is 0 Å². The molecule has 1 saturated heterocycles. The van der Waals surface area contributed by atoms with Gasteiger partial charge in [-0.3, -0.25) is 4.79 Å². The van der Waals surface area contributed by atoms with Gasteiger partial charge < -0.3 is 14.8 Å². The van der Waals surface area contributed by atoms with Crippen molar-refractivity contribution in [3.8, 4) is 17.4 Å². The van der Waals surface area contributed by atoms with E-state index in [1.807, 2.05) is 25.1 Å². The zero-order valence-corrected chi connectivity index (χ0v) is 19.8. The van der Waals surface area contributed by atoms with Crippen molar-refractivity contribution in [1.29, 1.82) is 0 Å². The minimum absolute atomic E-state index is 0.137. The van der Waals surface area contributed by atoms with Crippen molar-refractivity contribution < 1.29 is 22.7 Å². The van der Waals surface area contributed by atoms with Crippen molar-refractivity contribution in [2.24, 2.45) is 0 Å². The molecule has 0 bridgehead atoms. The Balaban J connectivity index is 1.37. The van der Waals surface area contributed by atoms with Crippen LogP contribution in [0.5, 0.6) is 17.4 Å². The Bertz CT molecular complexity index is 1240. The number of rotatable bonds is 9. The van der Waals surface area contributed by atoms with Gasteiger partial charge in [-0.2, -0.15) is 4.31 Å². The van der Waals surface area contributed by atoms with E-state index in [1.165, 1.54) is 16.4 Å². The van der Waals surface area contributed by atoms with E-state index in [4.69, 9.17) is 9.47 Å². The lowest BCUT2D eigenvalue weighted by molar-refractivity contribution is 0.0950. The molecule has 1 aliphatic rings. The Morgan fingerprint density at radius 3 is 2.50 bits per heavy atom. The highest BCUT2D eigenvalue weighted by Crippen LogP contribution is 2.30. The maximum Gasteiger partial charge on any atom is 0.251 e. The fourth-order valence-corrected chi connectivity index (χ4v) is 5.22. The van der Waals surface area contributed by atoms with Crippen LogP contribution in [-0.2, 0) is 16.6 Å². The minimum Gasteiger partial charge on any atom is -0.490 e. The maximum absolute atomic E-state index is 12.8. The molecule has 1 aliphatic heterocycles. The van der Waals surface area contributed by atoms with Crippen LogP contribution in [0.25, 0.3) is 0 Å². The second kappa shape index (κ2) is 10.7. The van der Waals surface area contributed by atoms with Crippen LogP contribution in [0.3, 0.4) is 0 Å². The number of carbonyl (C=O) groups excluding carboxylic acids is 1. The van der Waals surface area contributed by atoms with E-state index >= 15 is 0 Å². The second-order valence-electron chi connectivity index (χ2n) is 7.81. The number of carbonyl (C=O) groups is 1. The molecular weight excluding hydrogens is 454 g/mol. The third-order valence-electron chi connectivity index (χ3n) is 5.41. The molecule has 0 spiro atoms. The van der Waals surface area contributed by atoms with Crippen LogP contribution in [0.4, 0.5) is 0 Å². The lowest BCUT2D eigenvalue weighted by Gasteiger charge is -2.16. The number of sulfonamides is 1. The van der Waals surface area contributed by atoms with Gasteiger partial charge in [-0.25, -0.2) is 13.4 Å². The zero-order chi connectivity index (χ0) is 24.0. The Hall–Kier alpha value is -3.43. The molecule has 1 amide bonds. The van der Waals surface area contributed by atoms with Gasteiger partial charge >= 0.3 is 0 Å². The number of nitrogens with one attached hydrogen (secondary N) is 1. The van der Waals surface area contributed by atoms with Crippen molar-refractivity contribution in [3.05, 3.63) is 78.0 Å². The Labute approximate surface area is 199 Å². The molecule has 1 fully saturated rings. The number of hydrogen-bond donors (Lipinski definition) is 1. The summed E-state index contributed by atoms with van der Waals surface area (Å²) in [4.78, 5) is 17.1. The molecule has 2 heterocycles. The standard InChI is InChI=1S/C25H27N3O5S/c1-2-32-22-10-3-4-11-23(22)33-24-13-12-19(17-26-24)18-27-25(29)20-8-7-9-21(16-20)34(30,31)28-14-5-6-15-28/h3-4,7-13,16-17H,2,5-6,14-15,18H2,1H3,(H,27,29). The van der Waals surface area contributed by atoms with Gasteiger partial charge in [0.25, 0.3) is 5.91 Å². The molecule has 0 aliphatic carbocycles. The number of ether oxygens (including phenoxy) is 2. The number of hydrogen-bond acceptors (Lipinski definition) is 6. The summed E-state index contributed by atoms with van der Waals surface area (Å²) in [6.07, 6.45) is 3.33. The molecule has 178 valence electrons. The van der Waals surface area contributed by atoms with E-state index in [2.05, 4.69) is 10.3 Å². The molecule has 1 N–H and O–H groups in total. The van der Waals surface area contributed by atoms with Gasteiger partial charge in [0.2, 0.25) is 15.9 Å². The van der Waals surface area contributed by atoms with Crippen LogP contribution >= 0.6 is 0 Å². The average Bonchev–Trinajstić information content (AvgIpc) is 3.41. The van der Waals surface area contributed by atoms with Crippen LogP contribution in [0.2, 0.25) is 0 Å². The summed E-state index contributed by atoms with van der Waals surface area (Å²) >= 11 is 0. The highest BCUT2D eigenvalue weighted by molar-refractivity contribution is 7.89. The first-order valence-electron chi connectivity index (χ1n) is 11.2.